The average Bonchev–Trinajstić information content (AvgIpc) is 2.76. The lowest BCUT2D eigenvalue weighted by atomic mass is 9.68. The minimum atomic E-state index is -0.405. The molecule has 1 aliphatic heterocycles. The standard InChI is InChI=1S/C28H28N2O3/c1-16(2)19-11-9-18(13-23(19)30(32)33)27-26-21(14-28(3,4)15-24(26)31)25-20-8-6-5-7-17(20)10-12-22(25)29-27/h5-13,16,27,29H,14-15H2,1-4H3/t27-/m1/s1. The predicted octanol–water partition coefficient (Wildman–Crippen LogP) is 7.18. The monoisotopic (exact) mass is 440 g/mol. The van der Waals surface area contributed by atoms with Gasteiger partial charge in [0.25, 0.3) is 5.69 Å². The van der Waals surface area contributed by atoms with Gasteiger partial charge in [0, 0.05) is 34.9 Å². The molecule has 33 heavy (non-hydrogen) atoms. The molecule has 0 saturated carbocycles. The van der Waals surface area contributed by atoms with Crippen molar-refractivity contribution in [3.05, 3.63) is 87.0 Å². The molecule has 1 N–H and O–H groups in total. The molecule has 0 saturated heterocycles. The first-order chi connectivity index (χ1) is 15.7. The maximum absolute atomic E-state index is 13.5. The van der Waals surface area contributed by atoms with Crippen LogP contribution in [-0.4, -0.2) is 10.7 Å². The number of rotatable bonds is 3. The number of hydrogen-bond donors (Lipinski definition) is 1. The van der Waals surface area contributed by atoms with E-state index in [0.29, 0.717) is 12.0 Å². The van der Waals surface area contributed by atoms with Gasteiger partial charge in [-0.3, -0.25) is 14.9 Å². The molecule has 1 aliphatic carbocycles. The number of carbonyl (C=O) groups is 1. The molecule has 1 atom stereocenters. The van der Waals surface area contributed by atoms with Crippen molar-refractivity contribution < 1.29 is 9.72 Å². The topological polar surface area (TPSA) is 72.2 Å². The van der Waals surface area contributed by atoms with Gasteiger partial charge in [0.05, 0.1) is 11.0 Å². The van der Waals surface area contributed by atoms with Gasteiger partial charge in [0.2, 0.25) is 0 Å². The summed E-state index contributed by atoms with van der Waals surface area (Å²) in [6.45, 7) is 8.18. The van der Waals surface area contributed by atoms with Gasteiger partial charge < -0.3 is 5.32 Å². The molecule has 5 rings (SSSR count). The van der Waals surface area contributed by atoms with Crippen LogP contribution >= 0.6 is 0 Å². The lowest BCUT2D eigenvalue weighted by Gasteiger charge is -2.40. The van der Waals surface area contributed by atoms with Gasteiger partial charge in [-0.25, -0.2) is 0 Å². The molecule has 0 fully saturated rings. The van der Waals surface area contributed by atoms with Gasteiger partial charge in [-0.15, -0.1) is 0 Å². The molecule has 5 heteroatoms. The van der Waals surface area contributed by atoms with E-state index in [4.69, 9.17) is 0 Å². The fraction of sp³-hybridized carbons (Fsp3) is 0.321. The zero-order chi connectivity index (χ0) is 23.5. The zero-order valence-corrected chi connectivity index (χ0v) is 19.4. The van der Waals surface area contributed by atoms with Crippen LogP contribution in [0.25, 0.3) is 16.3 Å². The lowest BCUT2D eigenvalue weighted by molar-refractivity contribution is -0.385. The highest BCUT2D eigenvalue weighted by atomic mass is 16.6. The van der Waals surface area contributed by atoms with E-state index in [-0.39, 0.29) is 27.7 Å². The van der Waals surface area contributed by atoms with Gasteiger partial charge in [-0.05, 0) is 45.7 Å². The molecule has 0 amide bonds. The molecular formula is C28H28N2O3. The summed E-state index contributed by atoms with van der Waals surface area (Å²) in [5.74, 6) is 0.158. The smallest absolute Gasteiger partial charge is 0.273 e. The van der Waals surface area contributed by atoms with E-state index in [1.807, 2.05) is 38.1 Å². The summed E-state index contributed by atoms with van der Waals surface area (Å²) >= 11 is 0. The van der Waals surface area contributed by atoms with Crippen LogP contribution < -0.4 is 5.32 Å². The molecule has 1 heterocycles. The SMILES string of the molecule is CC(C)c1ccc([C@H]2Nc3ccc4ccccc4c3C3=C2C(=O)CC(C)(C)C3)cc1[N+](=O)[O-]. The third-order valence-corrected chi connectivity index (χ3v) is 6.95. The Kier molecular flexibility index (Phi) is 4.89. The van der Waals surface area contributed by atoms with E-state index in [2.05, 4.69) is 43.4 Å². The van der Waals surface area contributed by atoms with Crippen LogP contribution in [0.5, 0.6) is 0 Å². The molecule has 0 radical (unpaired) electrons. The van der Waals surface area contributed by atoms with Crippen LogP contribution in [0.4, 0.5) is 11.4 Å². The second-order valence-corrected chi connectivity index (χ2v) is 10.3. The second kappa shape index (κ2) is 7.55. The Morgan fingerprint density at radius 3 is 2.55 bits per heavy atom. The normalized spacial score (nSPS) is 19.3. The molecule has 3 aromatic carbocycles. The number of carbonyl (C=O) groups excluding carboxylic acids is 1. The minimum Gasteiger partial charge on any atom is -0.373 e. The Morgan fingerprint density at radius 1 is 1.06 bits per heavy atom. The summed E-state index contributed by atoms with van der Waals surface area (Å²) in [5.41, 5.74) is 5.32. The lowest BCUT2D eigenvalue weighted by Crippen LogP contribution is -2.33. The van der Waals surface area contributed by atoms with Crippen LogP contribution in [0.3, 0.4) is 0 Å². The predicted molar refractivity (Wildman–Crippen MR) is 132 cm³/mol. The largest absolute Gasteiger partial charge is 0.373 e. The fourth-order valence-corrected chi connectivity index (χ4v) is 5.47. The van der Waals surface area contributed by atoms with Crippen molar-refractivity contribution in [2.75, 3.05) is 5.32 Å². The summed E-state index contributed by atoms with van der Waals surface area (Å²) in [5, 5.41) is 17.7. The van der Waals surface area contributed by atoms with Crippen molar-refractivity contribution in [2.45, 2.75) is 52.5 Å². The number of anilines is 1. The van der Waals surface area contributed by atoms with Gasteiger partial charge >= 0.3 is 0 Å². The van der Waals surface area contributed by atoms with Crippen molar-refractivity contribution in [3.63, 3.8) is 0 Å². The second-order valence-electron chi connectivity index (χ2n) is 10.3. The van der Waals surface area contributed by atoms with Gasteiger partial charge in [0.1, 0.15) is 0 Å². The van der Waals surface area contributed by atoms with E-state index in [9.17, 15) is 14.9 Å². The first-order valence-corrected chi connectivity index (χ1v) is 11.5. The molecular weight excluding hydrogens is 412 g/mol. The summed E-state index contributed by atoms with van der Waals surface area (Å²) in [6.07, 6.45) is 1.26. The average molecular weight is 441 g/mol. The molecule has 168 valence electrons. The number of nitro benzene ring substituents is 1. The Morgan fingerprint density at radius 2 is 1.82 bits per heavy atom. The van der Waals surface area contributed by atoms with E-state index in [1.54, 1.807) is 6.07 Å². The molecule has 0 bridgehead atoms. The van der Waals surface area contributed by atoms with E-state index in [1.165, 1.54) is 0 Å². The maximum Gasteiger partial charge on any atom is 0.273 e. The Balaban J connectivity index is 1.76. The number of Topliss-reactive ketones (excluding diaryl/α,β-unsaturated/α-hetero) is 1. The Labute approximate surface area is 193 Å². The zero-order valence-electron chi connectivity index (χ0n) is 19.4. The quantitative estimate of drug-likeness (QED) is 0.346. The Bertz CT molecular complexity index is 1350. The van der Waals surface area contributed by atoms with Crippen molar-refractivity contribution in [1.29, 1.82) is 0 Å². The van der Waals surface area contributed by atoms with E-state index >= 15 is 0 Å². The highest BCUT2D eigenvalue weighted by molar-refractivity contribution is 6.12. The van der Waals surface area contributed by atoms with Crippen LogP contribution in [-0.2, 0) is 4.79 Å². The number of nitrogens with one attached hydrogen (secondary N) is 1. The number of allylic oxidation sites excluding steroid dienone is 1. The molecule has 5 nitrogen and oxygen atoms in total. The van der Waals surface area contributed by atoms with E-state index < -0.39 is 6.04 Å². The Hall–Kier alpha value is -3.47. The summed E-state index contributed by atoms with van der Waals surface area (Å²) < 4.78 is 0. The highest BCUT2D eigenvalue weighted by Gasteiger charge is 2.41. The van der Waals surface area contributed by atoms with Gasteiger partial charge in [0.15, 0.2) is 5.78 Å². The number of nitro groups is 1. The minimum absolute atomic E-state index is 0.0396. The van der Waals surface area contributed by atoms with E-state index in [0.717, 1.165) is 45.2 Å². The summed E-state index contributed by atoms with van der Waals surface area (Å²) in [4.78, 5) is 25.1. The number of hydrogen-bond acceptors (Lipinski definition) is 4. The van der Waals surface area contributed by atoms with Gasteiger partial charge in [-0.2, -0.15) is 0 Å². The summed E-state index contributed by atoms with van der Waals surface area (Å²) in [7, 11) is 0. The summed E-state index contributed by atoms with van der Waals surface area (Å²) in [6, 6.07) is 17.4. The van der Waals surface area contributed by atoms with Crippen molar-refractivity contribution in [1.82, 2.24) is 0 Å². The molecule has 0 aromatic heterocycles. The number of fused-ring (bicyclic) bond motifs is 4. The third kappa shape index (κ3) is 3.52. The first-order valence-electron chi connectivity index (χ1n) is 11.5. The van der Waals surface area contributed by atoms with Crippen LogP contribution in [0, 0.1) is 15.5 Å². The van der Waals surface area contributed by atoms with Gasteiger partial charge in [-0.1, -0.05) is 70.2 Å². The third-order valence-electron chi connectivity index (χ3n) is 6.95. The first kappa shape index (κ1) is 21.4. The highest BCUT2D eigenvalue weighted by Crippen LogP contribution is 2.52. The van der Waals surface area contributed by atoms with Crippen molar-refractivity contribution in [3.8, 4) is 0 Å². The van der Waals surface area contributed by atoms with Crippen molar-refractivity contribution >= 4 is 33.5 Å². The van der Waals surface area contributed by atoms with Crippen LogP contribution in [0.15, 0.2) is 60.2 Å². The molecule has 0 spiro atoms. The number of benzene rings is 3. The molecule has 2 aliphatic rings. The molecule has 3 aromatic rings. The maximum atomic E-state index is 13.5. The van der Waals surface area contributed by atoms with Crippen molar-refractivity contribution in [2.24, 2.45) is 5.41 Å². The van der Waals surface area contributed by atoms with Crippen LogP contribution in [0.2, 0.25) is 0 Å². The number of nitrogens with zero attached hydrogens (tertiary/aromatic N) is 1. The fourth-order valence-electron chi connectivity index (χ4n) is 5.47. The number of ketones is 1. The molecule has 0 unspecified atom stereocenters. The van der Waals surface area contributed by atoms with Crippen LogP contribution in [0.1, 0.15) is 69.2 Å².